The summed E-state index contributed by atoms with van der Waals surface area (Å²) in [6.07, 6.45) is 2.49. The highest BCUT2D eigenvalue weighted by Crippen LogP contribution is 2.19. The van der Waals surface area contributed by atoms with Crippen molar-refractivity contribution in [3.8, 4) is 0 Å². The molecule has 0 saturated carbocycles. The third-order valence-corrected chi connectivity index (χ3v) is 5.92. The van der Waals surface area contributed by atoms with Crippen LogP contribution in [0.5, 0.6) is 0 Å². The Balaban J connectivity index is 1.43. The minimum absolute atomic E-state index is 0.112. The number of carbonyl (C=O) groups excluding carboxylic acids is 1. The van der Waals surface area contributed by atoms with Crippen molar-refractivity contribution in [2.45, 2.75) is 45.3 Å². The maximum absolute atomic E-state index is 12.0. The van der Waals surface area contributed by atoms with Crippen LogP contribution < -0.4 is 10.6 Å². The van der Waals surface area contributed by atoms with Gasteiger partial charge in [0.1, 0.15) is 0 Å². The van der Waals surface area contributed by atoms with Gasteiger partial charge in [-0.25, -0.2) is 0 Å². The van der Waals surface area contributed by atoms with Gasteiger partial charge in [-0.3, -0.25) is 19.6 Å². The normalized spacial score (nSPS) is 21.3. The summed E-state index contributed by atoms with van der Waals surface area (Å²) in [6, 6.07) is 11.5. The largest absolute Gasteiger partial charge is 0.355 e. The molecule has 0 spiro atoms. The van der Waals surface area contributed by atoms with E-state index in [0.29, 0.717) is 12.6 Å². The van der Waals surface area contributed by atoms with Crippen LogP contribution in [-0.4, -0.2) is 91.5 Å². The van der Waals surface area contributed by atoms with Gasteiger partial charge in [0.15, 0.2) is 5.96 Å². The Bertz CT molecular complexity index is 684. The van der Waals surface area contributed by atoms with E-state index >= 15 is 0 Å². The average molecular weight is 415 g/mol. The van der Waals surface area contributed by atoms with E-state index < -0.39 is 0 Å². The highest BCUT2D eigenvalue weighted by atomic mass is 16.2. The van der Waals surface area contributed by atoms with Crippen molar-refractivity contribution < 1.29 is 4.79 Å². The smallest absolute Gasteiger partial charge is 0.234 e. The number of guanidine groups is 1. The third-order valence-electron chi connectivity index (χ3n) is 5.92. The quantitative estimate of drug-likeness (QED) is 0.521. The summed E-state index contributed by atoms with van der Waals surface area (Å²) in [4.78, 5) is 23.6. The maximum atomic E-state index is 12.0. The maximum Gasteiger partial charge on any atom is 0.234 e. The van der Waals surface area contributed by atoms with Gasteiger partial charge in [-0.2, -0.15) is 0 Å². The third kappa shape index (κ3) is 6.71. The molecule has 2 aliphatic heterocycles. The van der Waals surface area contributed by atoms with Crippen LogP contribution in [0.25, 0.3) is 0 Å². The van der Waals surface area contributed by atoms with Crippen LogP contribution in [0.4, 0.5) is 0 Å². The Kier molecular flexibility index (Phi) is 8.51. The molecular formula is C23H38N6O. The fourth-order valence-electron chi connectivity index (χ4n) is 4.38. The molecule has 0 aliphatic carbocycles. The monoisotopic (exact) mass is 414 g/mol. The first kappa shape index (κ1) is 22.6. The number of benzene rings is 1. The molecule has 2 aliphatic rings. The highest BCUT2D eigenvalue weighted by Gasteiger charge is 2.26. The second-order valence-corrected chi connectivity index (χ2v) is 8.67. The Morgan fingerprint density at radius 2 is 1.87 bits per heavy atom. The molecule has 3 rings (SSSR count). The van der Waals surface area contributed by atoms with Crippen molar-refractivity contribution in [1.82, 2.24) is 25.3 Å². The molecule has 1 amide bonds. The Hall–Kier alpha value is -2.12. The second kappa shape index (κ2) is 11.3. The molecule has 166 valence electrons. The molecule has 30 heavy (non-hydrogen) atoms. The predicted molar refractivity (Wildman–Crippen MR) is 123 cm³/mol. The van der Waals surface area contributed by atoms with Gasteiger partial charge in [0.25, 0.3) is 0 Å². The fraction of sp³-hybridized carbons (Fsp3) is 0.652. The van der Waals surface area contributed by atoms with E-state index in [9.17, 15) is 4.79 Å². The predicted octanol–water partition coefficient (Wildman–Crippen LogP) is 1.37. The minimum Gasteiger partial charge on any atom is -0.355 e. The van der Waals surface area contributed by atoms with E-state index in [1.807, 2.05) is 20.9 Å². The number of likely N-dealkylation sites (tertiary alicyclic amines) is 1. The number of carbonyl (C=O) groups is 1. The molecule has 2 fully saturated rings. The van der Waals surface area contributed by atoms with Crippen molar-refractivity contribution in [1.29, 1.82) is 0 Å². The molecule has 2 saturated heterocycles. The topological polar surface area (TPSA) is 63.2 Å². The summed E-state index contributed by atoms with van der Waals surface area (Å²) in [5.74, 6) is 1.09. The molecule has 2 heterocycles. The van der Waals surface area contributed by atoms with Crippen LogP contribution in [0, 0.1) is 0 Å². The number of aliphatic imine (C=N–C) groups is 1. The summed E-state index contributed by atoms with van der Waals surface area (Å²) in [5, 5.41) is 6.59. The number of nitrogens with one attached hydrogen (secondary N) is 2. The second-order valence-electron chi connectivity index (χ2n) is 8.67. The van der Waals surface area contributed by atoms with E-state index in [-0.39, 0.29) is 11.9 Å². The van der Waals surface area contributed by atoms with E-state index in [2.05, 4.69) is 60.7 Å². The first-order valence-electron chi connectivity index (χ1n) is 11.3. The van der Waals surface area contributed by atoms with E-state index in [0.717, 1.165) is 51.8 Å². The molecule has 1 unspecified atom stereocenters. The van der Waals surface area contributed by atoms with Crippen molar-refractivity contribution in [2.75, 3.05) is 52.9 Å². The number of hydrogen-bond acceptors (Lipinski definition) is 4. The molecule has 0 radical (unpaired) electrons. The molecule has 1 atom stereocenters. The molecule has 0 bridgehead atoms. The molecule has 2 N–H and O–H groups in total. The van der Waals surface area contributed by atoms with Gasteiger partial charge in [-0.05, 0) is 38.8 Å². The number of hydrogen-bond donors (Lipinski definition) is 2. The summed E-state index contributed by atoms with van der Waals surface area (Å²) >= 11 is 0. The standard InChI is InChI=1S/C23H38N6O/c1-19(2)26-22(30)18-27-12-14-28(15-13-27)23(24-3)25-16-21-10-7-11-29(21)17-20-8-5-4-6-9-20/h4-6,8-9,19,21H,7,10-18H2,1-3H3,(H,24,25)(H,26,30). The molecule has 0 aromatic heterocycles. The van der Waals surface area contributed by atoms with Crippen LogP contribution in [0.1, 0.15) is 32.3 Å². The van der Waals surface area contributed by atoms with Crippen molar-refractivity contribution in [2.24, 2.45) is 4.99 Å². The minimum atomic E-state index is 0.112. The Morgan fingerprint density at radius 1 is 1.13 bits per heavy atom. The summed E-state index contributed by atoms with van der Waals surface area (Å²) in [6.45, 7) is 11.1. The number of piperazine rings is 1. The zero-order valence-corrected chi connectivity index (χ0v) is 18.8. The zero-order chi connectivity index (χ0) is 21.3. The lowest BCUT2D eigenvalue weighted by Crippen LogP contribution is -2.55. The lowest BCUT2D eigenvalue weighted by atomic mass is 10.2. The van der Waals surface area contributed by atoms with Crippen LogP contribution >= 0.6 is 0 Å². The van der Waals surface area contributed by atoms with Crippen LogP contribution in [0.15, 0.2) is 35.3 Å². The summed E-state index contributed by atoms with van der Waals surface area (Å²) in [7, 11) is 1.86. The molecular weight excluding hydrogens is 376 g/mol. The van der Waals surface area contributed by atoms with Gasteiger partial charge in [0.05, 0.1) is 6.54 Å². The average Bonchev–Trinajstić information content (AvgIpc) is 3.16. The van der Waals surface area contributed by atoms with Gasteiger partial charge in [0, 0.05) is 58.4 Å². The van der Waals surface area contributed by atoms with Gasteiger partial charge < -0.3 is 15.5 Å². The fourth-order valence-corrected chi connectivity index (χ4v) is 4.38. The van der Waals surface area contributed by atoms with E-state index in [1.54, 1.807) is 0 Å². The van der Waals surface area contributed by atoms with Crippen LogP contribution in [0.3, 0.4) is 0 Å². The van der Waals surface area contributed by atoms with E-state index in [1.165, 1.54) is 18.4 Å². The van der Waals surface area contributed by atoms with Crippen LogP contribution in [-0.2, 0) is 11.3 Å². The molecule has 7 nitrogen and oxygen atoms in total. The number of nitrogens with zero attached hydrogens (tertiary/aromatic N) is 4. The Morgan fingerprint density at radius 3 is 2.53 bits per heavy atom. The first-order valence-corrected chi connectivity index (χ1v) is 11.3. The molecule has 1 aromatic rings. The van der Waals surface area contributed by atoms with E-state index in [4.69, 9.17) is 0 Å². The highest BCUT2D eigenvalue weighted by molar-refractivity contribution is 5.80. The molecule has 7 heteroatoms. The summed E-state index contributed by atoms with van der Waals surface area (Å²) < 4.78 is 0. The SMILES string of the molecule is CN=C(NCC1CCCN1Cc1ccccc1)N1CCN(CC(=O)NC(C)C)CC1. The lowest BCUT2D eigenvalue weighted by molar-refractivity contribution is -0.123. The zero-order valence-electron chi connectivity index (χ0n) is 18.8. The van der Waals surface area contributed by atoms with Gasteiger partial charge >= 0.3 is 0 Å². The van der Waals surface area contributed by atoms with Crippen LogP contribution in [0.2, 0.25) is 0 Å². The summed E-state index contributed by atoms with van der Waals surface area (Å²) in [5.41, 5.74) is 1.38. The van der Waals surface area contributed by atoms with Crippen molar-refractivity contribution in [3.05, 3.63) is 35.9 Å². The first-order chi connectivity index (χ1) is 14.5. The van der Waals surface area contributed by atoms with Crippen molar-refractivity contribution in [3.63, 3.8) is 0 Å². The molecule has 1 aromatic carbocycles. The number of rotatable bonds is 7. The van der Waals surface area contributed by atoms with Gasteiger partial charge in [-0.1, -0.05) is 30.3 Å². The van der Waals surface area contributed by atoms with Gasteiger partial charge in [-0.15, -0.1) is 0 Å². The van der Waals surface area contributed by atoms with Crippen molar-refractivity contribution >= 4 is 11.9 Å². The lowest BCUT2D eigenvalue weighted by Gasteiger charge is -2.36. The number of amides is 1. The van der Waals surface area contributed by atoms with Gasteiger partial charge in [0.2, 0.25) is 5.91 Å². The Labute approximate surface area is 181 Å².